The Morgan fingerprint density at radius 1 is 1.00 bits per heavy atom. The molecule has 0 aliphatic rings. The van der Waals surface area contributed by atoms with Gasteiger partial charge in [0.2, 0.25) is 0 Å². The fourth-order valence-corrected chi connectivity index (χ4v) is 2.79. The maximum Gasteiger partial charge on any atom is 0.137 e. The van der Waals surface area contributed by atoms with E-state index in [2.05, 4.69) is 36.2 Å². The van der Waals surface area contributed by atoms with Crippen molar-refractivity contribution in [2.45, 2.75) is 6.92 Å². The minimum atomic E-state index is 0.758. The highest BCUT2D eigenvalue weighted by molar-refractivity contribution is 5.95. The zero-order valence-corrected chi connectivity index (χ0v) is 12.5. The lowest BCUT2D eigenvalue weighted by molar-refractivity contribution is 0.414. The van der Waals surface area contributed by atoms with Crippen molar-refractivity contribution >= 4 is 21.9 Å². The van der Waals surface area contributed by atoms with Crippen molar-refractivity contribution in [3.63, 3.8) is 0 Å². The van der Waals surface area contributed by atoms with Crippen LogP contribution in [0.15, 0.2) is 59.1 Å². The molecule has 0 unspecified atom stereocenters. The molecule has 108 valence electrons. The lowest BCUT2D eigenvalue weighted by Crippen LogP contribution is -1.89. The summed E-state index contributed by atoms with van der Waals surface area (Å²) >= 11 is 0. The first kappa shape index (κ1) is 12.9. The van der Waals surface area contributed by atoms with Crippen molar-refractivity contribution < 1.29 is 9.15 Å². The summed E-state index contributed by atoms with van der Waals surface area (Å²) in [6, 6.07) is 16.3. The zero-order chi connectivity index (χ0) is 15.1. The van der Waals surface area contributed by atoms with E-state index in [1.165, 1.54) is 0 Å². The first-order chi connectivity index (χ1) is 10.7. The fraction of sp³-hybridized carbons (Fsp3) is 0.105. The molecule has 0 amide bonds. The van der Waals surface area contributed by atoms with Crippen LogP contribution in [-0.2, 0) is 0 Å². The zero-order valence-electron chi connectivity index (χ0n) is 12.5. The average molecular weight is 289 g/mol. The summed E-state index contributed by atoms with van der Waals surface area (Å²) in [7, 11) is 1.65. The van der Waals surface area contributed by atoms with Crippen LogP contribution >= 0.6 is 0 Å². The normalized spacial score (nSPS) is 11.2. The van der Waals surface area contributed by atoms with Gasteiger partial charge in [0.1, 0.15) is 17.1 Å². The number of fused-ring (bicyclic) bond motifs is 2. The van der Waals surface area contributed by atoms with Crippen LogP contribution in [-0.4, -0.2) is 12.1 Å². The summed E-state index contributed by atoms with van der Waals surface area (Å²) < 4.78 is 11.3. The number of para-hydroxylation sites is 1. The van der Waals surface area contributed by atoms with Crippen molar-refractivity contribution in [1.82, 2.24) is 4.98 Å². The lowest BCUT2D eigenvalue weighted by Gasteiger charge is -2.07. The maximum absolute atomic E-state index is 6.00. The molecule has 0 saturated heterocycles. The van der Waals surface area contributed by atoms with Crippen LogP contribution in [0.5, 0.6) is 5.75 Å². The van der Waals surface area contributed by atoms with Gasteiger partial charge in [-0.3, -0.25) is 4.98 Å². The third kappa shape index (κ3) is 2.02. The summed E-state index contributed by atoms with van der Waals surface area (Å²) in [5, 5.41) is 2.15. The van der Waals surface area contributed by atoms with Gasteiger partial charge < -0.3 is 9.15 Å². The maximum atomic E-state index is 6.00. The molecule has 4 rings (SSSR count). The van der Waals surface area contributed by atoms with Crippen LogP contribution in [0.3, 0.4) is 0 Å². The Morgan fingerprint density at radius 2 is 1.86 bits per heavy atom. The van der Waals surface area contributed by atoms with E-state index in [1.807, 2.05) is 24.3 Å². The molecule has 0 fully saturated rings. The SMILES string of the molecule is COc1cnc2c(-c3cc4ccccc4o3)cc(C)cc2c1. The molecule has 2 heterocycles. The summed E-state index contributed by atoms with van der Waals surface area (Å²) in [5.74, 6) is 1.60. The van der Waals surface area contributed by atoms with Gasteiger partial charge in [-0.1, -0.05) is 18.2 Å². The van der Waals surface area contributed by atoms with Crippen LogP contribution < -0.4 is 4.74 Å². The van der Waals surface area contributed by atoms with Gasteiger partial charge in [-0.2, -0.15) is 0 Å². The lowest BCUT2D eigenvalue weighted by atomic mass is 10.0. The van der Waals surface area contributed by atoms with Gasteiger partial charge in [0.15, 0.2) is 0 Å². The number of rotatable bonds is 2. The minimum absolute atomic E-state index is 0.758. The number of furan rings is 1. The van der Waals surface area contributed by atoms with Gasteiger partial charge in [-0.25, -0.2) is 0 Å². The Balaban J connectivity index is 2.00. The van der Waals surface area contributed by atoms with Crippen molar-refractivity contribution in [3.8, 4) is 17.1 Å². The van der Waals surface area contributed by atoms with E-state index < -0.39 is 0 Å². The molecule has 0 bridgehead atoms. The van der Waals surface area contributed by atoms with Crippen molar-refractivity contribution in [3.05, 3.63) is 60.3 Å². The molecule has 2 aromatic carbocycles. The molecule has 0 atom stereocenters. The first-order valence-corrected chi connectivity index (χ1v) is 7.18. The Labute approximate surface area is 128 Å². The summed E-state index contributed by atoms with van der Waals surface area (Å²) in [4.78, 5) is 4.55. The van der Waals surface area contributed by atoms with Gasteiger partial charge in [-0.15, -0.1) is 0 Å². The Morgan fingerprint density at radius 3 is 2.68 bits per heavy atom. The van der Waals surface area contributed by atoms with Crippen LogP contribution in [0.1, 0.15) is 5.56 Å². The molecular weight excluding hydrogens is 274 g/mol. The highest BCUT2D eigenvalue weighted by Gasteiger charge is 2.12. The highest BCUT2D eigenvalue weighted by Crippen LogP contribution is 2.33. The Kier molecular flexibility index (Phi) is 2.86. The highest BCUT2D eigenvalue weighted by atomic mass is 16.5. The van der Waals surface area contributed by atoms with Crippen LogP contribution in [0.25, 0.3) is 33.2 Å². The molecule has 0 saturated carbocycles. The van der Waals surface area contributed by atoms with Gasteiger partial charge in [0.25, 0.3) is 0 Å². The van der Waals surface area contributed by atoms with E-state index in [0.717, 1.165) is 44.5 Å². The van der Waals surface area contributed by atoms with Crippen molar-refractivity contribution in [2.75, 3.05) is 7.11 Å². The molecule has 0 aliphatic carbocycles. The quantitative estimate of drug-likeness (QED) is 0.523. The number of pyridine rings is 1. The monoisotopic (exact) mass is 289 g/mol. The number of hydrogen-bond acceptors (Lipinski definition) is 3. The summed E-state index contributed by atoms with van der Waals surface area (Å²) in [5.41, 5.74) is 3.98. The van der Waals surface area contributed by atoms with Crippen LogP contribution in [0.2, 0.25) is 0 Å². The topological polar surface area (TPSA) is 35.3 Å². The summed E-state index contributed by atoms with van der Waals surface area (Å²) in [6.07, 6.45) is 1.74. The molecule has 0 spiro atoms. The third-order valence-electron chi connectivity index (χ3n) is 3.83. The van der Waals surface area contributed by atoms with E-state index in [-0.39, 0.29) is 0 Å². The average Bonchev–Trinajstić information content (AvgIpc) is 2.97. The van der Waals surface area contributed by atoms with Crippen LogP contribution in [0.4, 0.5) is 0 Å². The van der Waals surface area contributed by atoms with Gasteiger partial charge in [0, 0.05) is 16.3 Å². The van der Waals surface area contributed by atoms with Gasteiger partial charge in [-0.05, 0) is 42.8 Å². The molecule has 0 N–H and O–H groups in total. The Hall–Kier alpha value is -2.81. The van der Waals surface area contributed by atoms with Gasteiger partial charge in [0.05, 0.1) is 18.8 Å². The minimum Gasteiger partial charge on any atom is -0.495 e. The number of ether oxygens (including phenoxy) is 1. The number of benzene rings is 2. The second-order valence-electron chi connectivity index (χ2n) is 5.41. The number of hydrogen-bond donors (Lipinski definition) is 0. The molecule has 0 aliphatic heterocycles. The summed E-state index contributed by atoms with van der Waals surface area (Å²) in [6.45, 7) is 2.07. The molecule has 4 aromatic rings. The molecule has 0 radical (unpaired) electrons. The number of nitrogens with zero attached hydrogens (tertiary/aromatic N) is 1. The third-order valence-corrected chi connectivity index (χ3v) is 3.83. The number of aromatic nitrogens is 1. The van der Waals surface area contributed by atoms with E-state index in [0.29, 0.717) is 0 Å². The van der Waals surface area contributed by atoms with Crippen molar-refractivity contribution in [1.29, 1.82) is 0 Å². The second-order valence-corrected chi connectivity index (χ2v) is 5.41. The van der Waals surface area contributed by atoms with Crippen molar-refractivity contribution in [2.24, 2.45) is 0 Å². The Bertz CT molecular complexity index is 952. The first-order valence-electron chi connectivity index (χ1n) is 7.18. The predicted molar refractivity (Wildman–Crippen MR) is 88.2 cm³/mol. The smallest absolute Gasteiger partial charge is 0.137 e. The molecular formula is C19H15NO2. The molecule has 2 aromatic heterocycles. The number of aryl methyl sites for hydroxylation is 1. The second kappa shape index (κ2) is 4.88. The molecule has 22 heavy (non-hydrogen) atoms. The largest absolute Gasteiger partial charge is 0.495 e. The van der Waals surface area contributed by atoms with Crippen LogP contribution in [0, 0.1) is 6.92 Å². The van der Waals surface area contributed by atoms with E-state index in [9.17, 15) is 0 Å². The van der Waals surface area contributed by atoms with E-state index in [4.69, 9.17) is 9.15 Å². The standard InChI is InChI=1S/C19H15NO2/c1-12-7-14-9-15(21-2)11-20-19(14)16(8-12)18-10-13-5-3-4-6-17(13)22-18/h3-11H,1-2H3. The predicted octanol–water partition coefficient (Wildman–Crippen LogP) is 4.97. The van der Waals surface area contributed by atoms with E-state index in [1.54, 1.807) is 13.3 Å². The van der Waals surface area contributed by atoms with E-state index >= 15 is 0 Å². The van der Waals surface area contributed by atoms with Gasteiger partial charge >= 0.3 is 0 Å². The fourth-order valence-electron chi connectivity index (χ4n) is 2.79. The molecule has 3 nitrogen and oxygen atoms in total. The number of methoxy groups -OCH3 is 1. The molecule has 3 heteroatoms.